The van der Waals surface area contributed by atoms with Gasteiger partial charge in [0.15, 0.2) is 5.96 Å². The number of hydrogen-bond donors (Lipinski definition) is 2. The second kappa shape index (κ2) is 8.39. The lowest BCUT2D eigenvalue weighted by Gasteiger charge is -2.40. The standard InChI is InChI=1S/C16H30N4O2.HI/c1-15(2,3)22-14(21)20-10-6-16(4,7-11-20)12-19-13-17-8-5-9-18-13;/h5-12H2,1-4H3,(H2,17,18,19);1H. The average molecular weight is 438 g/mol. The fourth-order valence-electron chi connectivity index (χ4n) is 2.68. The first-order valence-corrected chi connectivity index (χ1v) is 8.28. The molecule has 0 atom stereocenters. The van der Waals surface area contributed by atoms with Crippen LogP contribution in [0.5, 0.6) is 0 Å². The van der Waals surface area contributed by atoms with Crippen LogP contribution in [0.1, 0.15) is 47.0 Å². The van der Waals surface area contributed by atoms with Crippen molar-refractivity contribution in [1.82, 2.24) is 15.5 Å². The van der Waals surface area contributed by atoms with E-state index < -0.39 is 5.60 Å². The number of amides is 1. The van der Waals surface area contributed by atoms with E-state index in [2.05, 4.69) is 22.5 Å². The fraction of sp³-hybridized carbons (Fsp3) is 0.875. The molecule has 2 aliphatic heterocycles. The molecule has 2 aliphatic rings. The number of carbonyl (C=O) groups excluding carboxylic acids is 1. The van der Waals surface area contributed by atoms with E-state index in [0.29, 0.717) is 0 Å². The van der Waals surface area contributed by atoms with Gasteiger partial charge in [-0.05, 0) is 45.4 Å². The number of piperidine rings is 1. The Bertz CT molecular complexity index is 426. The molecule has 1 amide bonds. The van der Waals surface area contributed by atoms with Crippen LogP contribution in [-0.2, 0) is 4.74 Å². The molecule has 134 valence electrons. The summed E-state index contributed by atoms with van der Waals surface area (Å²) in [5, 5.41) is 6.70. The Morgan fingerprint density at radius 3 is 2.57 bits per heavy atom. The molecule has 2 N–H and O–H groups in total. The number of hydrogen-bond acceptors (Lipinski definition) is 5. The number of rotatable bonds is 2. The number of aliphatic imine (C=N–C) groups is 1. The van der Waals surface area contributed by atoms with Gasteiger partial charge in [-0.25, -0.2) is 4.79 Å². The molecule has 0 aromatic heterocycles. The van der Waals surface area contributed by atoms with Gasteiger partial charge in [-0.3, -0.25) is 4.99 Å². The lowest BCUT2D eigenvalue weighted by atomic mass is 9.80. The van der Waals surface area contributed by atoms with E-state index >= 15 is 0 Å². The highest BCUT2D eigenvalue weighted by molar-refractivity contribution is 14.0. The predicted octanol–water partition coefficient (Wildman–Crippen LogP) is 2.58. The van der Waals surface area contributed by atoms with Gasteiger partial charge in [-0.2, -0.15) is 0 Å². The van der Waals surface area contributed by atoms with Crippen molar-refractivity contribution < 1.29 is 9.53 Å². The smallest absolute Gasteiger partial charge is 0.410 e. The number of carbonyl (C=O) groups is 1. The zero-order valence-corrected chi connectivity index (χ0v) is 17.1. The lowest BCUT2D eigenvalue weighted by Crippen LogP contribution is -2.50. The summed E-state index contributed by atoms with van der Waals surface area (Å²) in [7, 11) is 0. The molecule has 2 rings (SSSR count). The molecule has 0 unspecified atom stereocenters. The molecule has 1 fully saturated rings. The Labute approximate surface area is 156 Å². The Balaban J connectivity index is 0.00000264. The monoisotopic (exact) mass is 438 g/mol. The van der Waals surface area contributed by atoms with Gasteiger partial charge < -0.3 is 20.3 Å². The first kappa shape index (κ1) is 20.3. The maximum absolute atomic E-state index is 12.1. The normalized spacial score (nSPS) is 20.7. The molecule has 0 aromatic rings. The summed E-state index contributed by atoms with van der Waals surface area (Å²) in [6, 6.07) is 0. The summed E-state index contributed by atoms with van der Waals surface area (Å²) in [5.74, 6) is 0.919. The zero-order valence-electron chi connectivity index (χ0n) is 14.8. The first-order valence-electron chi connectivity index (χ1n) is 8.28. The van der Waals surface area contributed by atoms with E-state index in [9.17, 15) is 4.79 Å². The largest absolute Gasteiger partial charge is 0.444 e. The van der Waals surface area contributed by atoms with Crippen LogP contribution in [0.15, 0.2) is 4.99 Å². The van der Waals surface area contributed by atoms with E-state index in [1.165, 1.54) is 0 Å². The van der Waals surface area contributed by atoms with Gasteiger partial charge in [-0.1, -0.05) is 6.92 Å². The quantitative estimate of drug-likeness (QED) is 0.651. The second-order valence-electron chi connectivity index (χ2n) is 7.64. The van der Waals surface area contributed by atoms with Crippen LogP contribution < -0.4 is 10.6 Å². The maximum Gasteiger partial charge on any atom is 0.410 e. The van der Waals surface area contributed by atoms with E-state index in [4.69, 9.17) is 4.74 Å². The third kappa shape index (κ3) is 6.73. The molecule has 23 heavy (non-hydrogen) atoms. The average Bonchev–Trinajstić information content (AvgIpc) is 2.45. The van der Waals surface area contributed by atoms with Gasteiger partial charge >= 0.3 is 6.09 Å². The number of likely N-dealkylation sites (tertiary alicyclic amines) is 1. The summed E-state index contributed by atoms with van der Waals surface area (Å²) in [6.07, 6.45) is 2.87. The molecule has 0 aliphatic carbocycles. The van der Waals surface area contributed by atoms with E-state index in [1.807, 2.05) is 25.7 Å². The van der Waals surface area contributed by atoms with Crippen molar-refractivity contribution in [3.63, 3.8) is 0 Å². The summed E-state index contributed by atoms with van der Waals surface area (Å²) in [4.78, 5) is 18.4. The molecular weight excluding hydrogens is 407 g/mol. The maximum atomic E-state index is 12.1. The summed E-state index contributed by atoms with van der Waals surface area (Å²) in [6.45, 7) is 12.3. The van der Waals surface area contributed by atoms with Gasteiger partial charge in [0, 0.05) is 32.7 Å². The second-order valence-corrected chi connectivity index (χ2v) is 7.64. The zero-order chi connectivity index (χ0) is 16.2. The third-order valence-electron chi connectivity index (χ3n) is 4.20. The molecule has 0 saturated carbocycles. The Morgan fingerprint density at radius 2 is 2.04 bits per heavy atom. The molecule has 0 radical (unpaired) electrons. The SMILES string of the molecule is CC1(CNC2=NCCCN2)CCN(C(=O)OC(C)(C)C)CC1.I. The number of nitrogens with one attached hydrogen (secondary N) is 2. The van der Waals surface area contributed by atoms with Crippen molar-refractivity contribution in [2.24, 2.45) is 10.4 Å². The van der Waals surface area contributed by atoms with Crippen LogP contribution >= 0.6 is 24.0 Å². The van der Waals surface area contributed by atoms with Gasteiger partial charge in [0.1, 0.15) is 5.60 Å². The Hall–Kier alpha value is -0.730. The molecule has 1 saturated heterocycles. The highest BCUT2D eigenvalue weighted by atomic mass is 127. The number of guanidine groups is 1. The summed E-state index contributed by atoms with van der Waals surface area (Å²) < 4.78 is 5.44. The number of halogens is 1. The minimum absolute atomic E-state index is 0. The van der Waals surface area contributed by atoms with Crippen LogP contribution in [0.25, 0.3) is 0 Å². The summed E-state index contributed by atoms with van der Waals surface area (Å²) in [5.41, 5.74) is -0.232. The highest BCUT2D eigenvalue weighted by Crippen LogP contribution is 2.30. The molecule has 2 heterocycles. The lowest BCUT2D eigenvalue weighted by molar-refractivity contribution is 0.0123. The van der Waals surface area contributed by atoms with Crippen molar-refractivity contribution in [2.75, 3.05) is 32.7 Å². The third-order valence-corrected chi connectivity index (χ3v) is 4.20. The highest BCUT2D eigenvalue weighted by Gasteiger charge is 2.33. The van der Waals surface area contributed by atoms with Crippen molar-refractivity contribution in [3.05, 3.63) is 0 Å². The van der Waals surface area contributed by atoms with Crippen LogP contribution in [0.3, 0.4) is 0 Å². The first-order chi connectivity index (χ1) is 10.3. The Kier molecular flexibility index (Phi) is 7.41. The van der Waals surface area contributed by atoms with Gasteiger partial charge in [-0.15, -0.1) is 24.0 Å². The van der Waals surface area contributed by atoms with Crippen LogP contribution in [0, 0.1) is 5.41 Å². The van der Waals surface area contributed by atoms with Crippen molar-refractivity contribution in [2.45, 2.75) is 52.6 Å². The van der Waals surface area contributed by atoms with Crippen molar-refractivity contribution in [3.8, 4) is 0 Å². The molecule has 0 spiro atoms. The van der Waals surface area contributed by atoms with Crippen molar-refractivity contribution >= 4 is 36.0 Å². The van der Waals surface area contributed by atoms with E-state index in [1.54, 1.807) is 0 Å². The number of ether oxygens (including phenoxy) is 1. The van der Waals surface area contributed by atoms with Crippen LogP contribution in [0.2, 0.25) is 0 Å². The molecule has 0 bridgehead atoms. The van der Waals surface area contributed by atoms with Gasteiger partial charge in [0.2, 0.25) is 0 Å². The number of nitrogens with zero attached hydrogens (tertiary/aromatic N) is 2. The van der Waals surface area contributed by atoms with Gasteiger partial charge in [0.05, 0.1) is 0 Å². The van der Waals surface area contributed by atoms with Crippen LogP contribution in [-0.4, -0.2) is 55.3 Å². The van der Waals surface area contributed by atoms with E-state index in [0.717, 1.165) is 57.9 Å². The molecule has 0 aromatic carbocycles. The molecule has 7 heteroatoms. The van der Waals surface area contributed by atoms with Crippen LogP contribution in [0.4, 0.5) is 4.79 Å². The minimum Gasteiger partial charge on any atom is -0.444 e. The summed E-state index contributed by atoms with van der Waals surface area (Å²) >= 11 is 0. The molecular formula is C16H31IN4O2. The van der Waals surface area contributed by atoms with E-state index in [-0.39, 0.29) is 35.5 Å². The van der Waals surface area contributed by atoms with Crippen molar-refractivity contribution in [1.29, 1.82) is 0 Å². The van der Waals surface area contributed by atoms with Gasteiger partial charge in [0.25, 0.3) is 0 Å². The predicted molar refractivity (Wildman–Crippen MR) is 103 cm³/mol. The molecule has 6 nitrogen and oxygen atoms in total. The fourth-order valence-corrected chi connectivity index (χ4v) is 2.68. The Morgan fingerprint density at radius 1 is 1.39 bits per heavy atom. The minimum atomic E-state index is -0.426. The topological polar surface area (TPSA) is 66.0 Å².